The van der Waals surface area contributed by atoms with Gasteiger partial charge in [-0.15, -0.1) is 0 Å². The molecule has 1 atom stereocenters. The van der Waals surface area contributed by atoms with Crippen molar-refractivity contribution in [2.45, 2.75) is 51.5 Å². The first-order valence-corrected chi connectivity index (χ1v) is 8.27. The topological polar surface area (TPSA) is 29.3 Å². The average molecular weight is 292 g/mol. The molecule has 118 valence electrons. The van der Waals surface area contributed by atoms with Gasteiger partial charge in [0, 0.05) is 12.1 Å². The van der Waals surface area contributed by atoms with Crippen LogP contribution in [0.1, 0.15) is 45.1 Å². The number of benzene rings is 1. The molecule has 1 fully saturated rings. The fourth-order valence-electron chi connectivity index (χ4n) is 3.52. The first kappa shape index (κ1) is 16.4. The van der Waals surface area contributed by atoms with Crippen LogP contribution in [0.15, 0.2) is 24.3 Å². The van der Waals surface area contributed by atoms with E-state index in [1.54, 1.807) is 12.1 Å². The van der Waals surface area contributed by atoms with Crippen molar-refractivity contribution in [2.75, 3.05) is 19.6 Å². The van der Waals surface area contributed by atoms with Crippen LogP contribution in [0.3, 0.4) is 0 Å². The largest absolute Gasteiger partial charge is 0.329 e. The Balaban J connectivity index is 1.99. The van der Waals surface area contributed by atoms with Gasteiger partial charge in [0.05, 0.1) is 0 Å². The third kappa shape index (κ3) is 4.27. The van der Waals surface area contributed by atoms with E-state index in [2.05, 4.69) is 18.7 Å². The van der Waals surface area contributed by atoms with Crippen LogP contribution in [0.25, 0.3) is 0 Å². The molecule has 0 bridgehead atoms. The van der Waals surface area contributed by atoms with Crippen LogP contribution in [-0.4, -0.2) is 30.1 Å². The SMILES string of the molecule is CCCC1CCN(C(C)(CN)Cc2ccc(F)cc2)CC1. The third-order valence-corrected chi connectivity index (χ3v) is 5.01. The molecular formula is C18H29FN2. The smallest absolute Gasteiger partial charge is 0.123 e. The van der Waals surface area contributed by atoms with Crippen molar-refractivity contribution in [3.05, 3.63) is 35.6 Å². The van der Waals surface area contributed by atoms with E-state index < -0.39 is 0 Å². The average Bonchev–Trinajstić information content (AvgIpc) is 2.50. The van der Waals surface area contributed by atoms with Crippen molar-refractivity contribution in [1.29, 1.82) is 0 Å². The summed E-state index contributed by atoms with van der Waals surface area (Å²) >= 11 is 0. The second-order valence-electron chi connectivity index (χ2n) is 6.72. The quantitative estimate of drug-likeness (QED) is 0.868. The molecule has 0 aliphatic carbocycles. The summed E-state index contributed by atoms with van der Waals surface area (Å²) in [5.74, 6) is 0.715. The maximum atomic E-state index is 13.0. The second-order valence-corrected chi connectivity index (χ2v) is 6.72. The zero-order valence-corrected chi connectivity index (χ0v) is 13.4. The molecule has 21 heavy (non-hydrogen) atoms. The van der Waals surface area contributed by atoms with Crippen molar-refractivity contribution in [3.63, 3.8) is 0 Å². The lowest BCUT2D eigenvalue weighted by Gasteiger charge is -2.45. The maximum Gasteiger partial charge on any atom is 0.123 e. The number of nitrogens with zero attached hydrogens (tertiary/aromatic N) is 1. The minimum absolute atomic E-state index is 0.0188. The number of nitrogens with two attached hydrogens (primary N) is 1. The fourth-order valence-corrected chi connectivity index (χ4v) is 3.52. The lowest BCUT2D eigenvalue weighted by molar-refractivity contribution is 0.0655. The van der Waals surface area contributed by atoms with E-state index in [1.165, 1.54) is 31.2 Å². The Morgan fingerprint density at radius 2 is 1.86 bits per heavy atom. The Labute approximate surface area is 128 Å². The highest BCUT2D eigenvalue weighted by atomic mass is 19.1. The number of likely N-dealkylation sites (tertiary alicyclic amines) is 1. The van der Waals surface area contributed by atoms with E-state index in [-0.39, 0.29) is 11.4 Å². The molecule has 2 nitrogen and oxygen atoms in total. The van der Waals surface area contributed by atoms with Gasteiger partial charge >= 0.3 is 0 Å². The Kier molecular flexibility index (Phi) is 5.77. The van der Waals surface area contributed by atoms with E-state index >= 15 is 0 Å². The van der Waals surface area contributed by atoms with Gasteiger partial charge < -0.3 is 5.73 Å². The number of rotatable bonds is 6. The van der Waals surface area contributed by atoms with Crippen molar-refractivity contribution < 1.29 is 4.39 Å². The van der Waals surface area contributed by atoms with Crippen molar-refractivity contribution >= 4 is 0 Å². The van der Waals surface area contributed by atoms with E-state index in [0.717, 1.165) is 25.4 Å². The standard InChI is InChI=1S/C18H29FN2/c1-3-4-15-9-11-21(12-10-15)18(2,14-20)13-16-5-7-17(19)8-6-16/h5-8,15H,3-4,9-14,20H2,1-2H3. The van der Waals surface area contributed by atoms with Crippen LogP contribution in [0.5, 0.6) is 0 Å². The number of piperidine rings is 1. The van der Waals surface area contributed by atoms with Gasteiger partial charge in [0.1, 0.15) is 5.82 Å². The fraction of sp³-hybridized carbons (Fsp3) is 0.667. The minimum atomic E-state index is -0.173. The van der Waals surface area contributed by atoms with Gasteiger partial charge in [-0.2, -0.15) is 0 Å². The van der Waals surface area contributed by atoms with Gasteiger partial charge in [-0.25, -0.2) is 4.39 Å². The summed E-state index contributed by atoms with van der Waals surface area (Å²) in [5, 5.41) is 0. The molecule has 1 saturated heterocycles. The van der Waals surface area contributed by atoms with Crippen molar-refractivity contribution in [2.24, 2.45) is 11.7 Å². The summed E-state index contributed by atoms with van der Waals surface area (Å²) in [4.78, 5) is 2.54. The summed E-state index contributed by atoms with van der Waals surface area (Å²) in [7, 11) is 0. The lowest BCUT2D eigenvalue weighted by Crippen LogP contribution is -2.55. The number of hydrogen-bond donors (Lipinski definition) is 1. The predicted molar refractivity (Wildman–Crippen MR) is 86.8 cm³/mol. The Hall–Kier alpha value is -0.930. The van der Waals surface area contributed by atoms with Gasteiger partial charge in [-0.3, -0.25) is 4.90 Å². The minimum Gasteiger partial charge on any atom is -0.329 e. The van der Waals surface area contributed by atoms with Crippen LogP contribution >= 0.6 is 0 Å². The highest BCUT2D eigenvalue weighted by molar-refractivity contribution is 5.19. The third-order valence-electron chi connectivity index (χ3n) is 5.01. The molecule has 3 heteroatoms. The molecule has 0 saturated carbocycles. The normalized spacial score (nSPS) is 20.4. The van der Waals surface area contributed by atoms with Crippen molar-refractivity contribution in [1.82, 2.24) is 4.90 Å². The predicted octanol–water partition coefficient (Wildman–Crippen LogP) is 3.60. The van der Waals surface area contributed by atoms with E-state index in [4.69, 9.17) is 5.73 Å². The first-order chi connectivity index (χ1) is 10.1. The zero-order valence-electron chi connectivity index (χ0n) is 13.4. The molecule has 2 rings (SSSR count). The van der Waals surface area contributed by atoms with Crippen LogP contribution in [0, 0.1) is 11.7 Å². The number of halogens is 1. The summed E-state index contributed by atoms with van der Waals surface area (Å²) in [6.45, 7) is 7.43. The molecule has 2 N–H and O–H groups in total. The van der Waals surface area contributed by atoms with Crippen molar-refractivity contribution in [3.8, 4) is 0 Å². The van der Waals surface area contributed by atoms with Crippen LogP contribution in [0.2, 0.25) is 0 Å². The first-order valence-electron chi connectivity index (χ1n) is 8.27. The van der Waals surface area contributed by atoms with Crippen LogP contribution in [0.4, 0.5) is 4.39 Å². The highest BCUT2D eigenvalue weighted by Gasteiger charge is 2.33. The molecule has 0 spiro atoms. The molecule has 1 aromatic carbocycles. The van der Waals surface area contributed by atoms with E-state index in [9.17, 15) is 4.39 Å². The van der Waals surface area contributed by atoms with Gasteiger partial charge in [-0.1, -0.05) is 31.9 Å². The zero-order chi connectivity index (χ0) is 15.3. The lowest BCUT2D eigenvalue weighted by atomic mass is 9.85. The van der Waals surface area contributed by atoms with Crippen LogP contribution in [-0.2, 0) is 6.42 Å². The molecule has 1 heterocycles. The summed E-state index contributed by atoms with van der Waals surface area (Å²) in [6, 6.07) is 6.85. The molecule has 1 unspecified atom stereocenters. The van der Waals surface area contributed by atoms with Crippen LogP contribution < -0.4 is 5.73 Å². The monoisotopic (exact) mass is 292 g/mol. The molecule has 1 aliphatic heterocycles. The summed E-state index contributed by atoms with van der Waals surface area (Å²) in [6.07, 6.45) is 6.10. The molecule has 0 aromatic heterocycles. The second kappa shape index (κ2) is 7.37. The molecule has 0 amide bonds. The highest BCUT2D eigenvalue weighted by Crippen LogP contribution is 2.28. The van der Waals surface area contributed by atoms with Gasteiger partial charge in [0.15, 0.2) is 0 Å². The Morgan fingerprint density at radius 3 is 2.38 bits per heavy atom. The number of hydrogen-bond acceptors (Lipinski definition) is 2. The molecule has 1 aromatic rings. The van der Waals surface area contributed by atoms with E-state index in [1.807, 2.05) is 12.1 Å². The maximum absolute atomic E-state index is 13.0. The molecule has 0 radical (unpaired) electrons. The van der Waals surface area contributed by atoms with Gasteiger partial charge in [0.2, 0.25) is 0 Å². The summed E-state index contributed by atoms with van der Waals surface area (Å²) < 4.78 is 13.0. The molecular weight excluding hydrogens is 263 g/mol. The van der Waals surface area contributed by atoms with Gasteiger partial charge in [0.25, 0.3) is 0 Å². The summed E-state index contributed by atoms with van der Waals surface area (Å²) in [5.41, 5.74) is 7.24. The van der Waals surface area contributed by atoms with Gasteiger partial charge in [-0.05, 0) is 62.9 Å². The molecule has 1 aliphatic rings. The Bertz CT molecular complexity index is 423. The van der Waals surface area contributed by atoms with E-state index in [0.29, 0.717) is 6.54 Å². The Morgan fingerprint density at radius 1 is 1.24 bits per heavy atom.